The standard InChI is InChI=1S/C20H18N2O3S2/c1-13-2-4-14(5-3-13)9-26-11-19(23)22-20-21-16(10-27-20)15-6-7-17-18(8-15)25-12-24-17/h2-8,10H,9,11-12H2,1H3,(H,21,22,23). The van der Waals surface area contributed by atoms with Gasteiger partial charge in [-0.1, -0.05) is 29.8 Å². The molecule has 0 atom stereocenters. The van der Waals surface area contributed by atoms with Crippen LogP contribution in [0, 0.1) is 6.92 Å². The molecule has 2 aromatic carbocycles. The second kappa shape index (κ2) is 8.02. The molecule has 0 saturated heterocycles. The van der Waals surface area contributed by atoms with Gasteiger partial charge in [0.1, 0.15) is 0 Å². The van der Waals surface area contributed by atoms with Crippen LogP contribution < -0.4 is 14.8 Å². The Morgan fingerprint density at radius 2 is 2.00 bits per heavy atom. The first-order chi connectivity index (χ1) is 13.2. The number of carbonyl (C=O) groups is 1. The van der Waals surface area contributed by atoms with Gasteiger partial charge in [0.2, 0.25) is 12.7 Å². The molecule has 0 spiro atoms. The molecule has 0 aliphatic carbocycles. The van der Waals surface area contributed by atoms with E-state index in [1.165, 1.54) is 22.5 Å². The predicted octanol–water partition coefficient (Wildman–Crippen LogP) is 4.72. The van der Waals surface area contributed by atoms with Gasteiger partial charge in [0, 0.05) is 16.7 Å². The van der Waals surface area contributed by atoms with Gasteiger partial charge in [0.25, 0.3) is 0 Å². The van der Waals surface area contributed by atoms with Crippen molar-refractivity contribution in [1.82, 2.24) is 4.98 Å². The van der Waals surface area contributed by atoms with Gasteiger partial charge in [-0.25, -0.2) is 4.98 Å². The summed E-state index contributed by atoms with van der Waals surface area (Å²) in [5, 5.41) is 5.40. The third-order valence-electron chi connectivity index (χ3n) is 4.04. The van der Waals surface area contributed by atoms with E-state index in [2.05, 4.69) is 41.5 Å². The Kier molecular flexibility index (Phi) is 5.31. The maximum Gasteiger partial charge on any atom is 0.236 e. The number of aryl methyl sites for hydroxylation is 1. The smallest absolute Gasteiger partial charge is 0.236 e. The summed E-state index contributed by atoms with van der Waals surface area (Å²) in [7, 11) is 0. The number of nitrogens with zero attached hydrogens (tertiary/aromatic N) is 1. The minimum Gasteiger partial charge on any atom is -0.454 e. The van der Waals surface area contributed by atoms with Crippen molar-refractivity contribution in [2.45, 2.75) is 12.7 Å². The molecule has 138 valence electrons. The fourth-order valence-electron chi connectivity index (χ4n) is 2.62. The van der Waals surface area contributed by atoms with Crippen LogP contribution in [0.1, 0.15) is 11.1 Å². The quantitative estimate of drug-likeness (QED) is 0.651. The Morgan fingerprint density at radius 3 is 2.85 bits per heavy atom. The van der Waals surface area contributed by atoms with Crippen LogP contribution >= 0.6 is 23.1 Å². The lowest BCUT2D eigenvalue weighted by Gasteiger charge is -2.03. The Hall–Kier alpha value is -2.51. The average molecular weight is 399 g/mol. The van der Waals surface area contributed by atoms with E-state index in [-0.39, 0.29) is 12.7 Å². The lowest BCUT2D eigenvalue weighted by molar-refractivity contribution is -0.113. The zero-order valence-corrected chi connectivity index (χ0v) is 16.4. The maximum atomic E-state index is 12.2. The highest BCUT2D eigenvalue weighted by molar-refractivity contribution is 7.99. The molecule has 0 bridgehead atoms. The zero-order chi connectivity index (χ0) is 18.6. The molecular weight excluding hydrogens is 380 g/mol. The topological polar surface area (TPSA) is 60.5 Å². The molecule has 1 N–H and O–H groups in total. The summed E-state index contributed by atoms with van der Waals surface area (Å²) in [5.74, 6) is 2.63. The van der Waals surface area contributed by atoms with Gasteiger partial charge in [0.15, 0.2) is 16.6 Å². The SMILES string of the molecule is Cc1ccc(CSCC(=O)Nc2nc(-c3ccc4c(c3)OCO4)cs2)cc1. The predicted molar refractivity (Wildman–Crippen MR) is 110 cm³/mol. The number of hydrogen-bond acceptors (Lipinski definition) is 6. The molecule has 1 amide bonds. The Morgan fingerprint density at radius 1 is 1.19 bits per heavy atom. The molecule has 0 saturated carbocycles. The van der Waals surface area contributed by atoms with Gasteiger partial charge in [-0.2, -0.15) is 0 Å². The highest BCUT2D eigenvalue weighted by atomic mass is 32.2. The largest absolute Gasteiger partial charge is 0.454 e. The highest BCUT2D eigenvalue weighted by Crippen LogP contribution is 2.36. The minimum absolute atomic E-state index is 0.0429. The Labute approximate surface area is 165 Å². The van der Waals surface area contributed by atoms with Crippen molar-refractivity contribution in [2.24, 2.45) is 0 Å². The number of anilines is 1. The maximum absolute atomic E-state index is 12.2. The van der Waals surface area contributed by atoms with E-state index in [0.29, 0.717) is 10.9 Å². The van der Waals surface area contributed by atoms with E-state index in [4.69, 9.17) is 9.47 Å². The normalized spacial score (nSPS) is 12.2. The lowest BCUT2D eigenvalue weighted by Crippen LogP contribution is -2.13. The van der Waals surface area contributed by atoms with Crippen molar-refractivity contribution in [3.05, 3.63) is 59.0 Å². The van der Waals surface area contributed by atoms with Crippen LogP contribution in [0.25, 0.3) is 11.3 Å². The second-order valence-corrected chi connectivity index (χ2v) is 7.98. The second-order valence-electron chi connectivity index (χ2n) is 6.13. The van der Waals surface area contributed by atoms with Gasteiger partial charge >= 0.3 is 0 Å². The minimum atomic E-state index is -0.0429. The number of fused-ring (bicyclic) bond motifs is 1. The van der Waals surface area contributed by atoms with Gasteiger partial charge in [-0.15, -0.1) is 23.1 Å². The molecule has 0 fully saturated rings. The van der Waals surface area contributed by atoms with Gasteiger partial charge < -0.3 is 14.8 Å². The molecule has 2 heterocycles. The first kappa shape index (κ1) is 17.9. The molecule has 4 rings (SSSR count). The van der Waals surface area contributed by atoms with E-state index in [1.807, 2.05) is 23.6 Å². The average Bonchev–Trinajstić information content (AvgIpc) is 3.32. The van der Waals surface area contributed by atoms with Gasteiger partial charge in [-0.3, -0.25) is 4.79 Å². The molecule has 3 aromatic rings. The summed E-state index contributed by atoms with van der Waals surface area (Å²) in [5.41, 5.74) is 4.20. The first-order valence-electron chi connectivity index (χ1n) is 8.46. The van der Waals surface area contributed by atoms with E-state index < -0.39 is 0 Å². The Bertz CT molecular complexity index is 954. The monoisotopic (exact) mass is 398 g/mol. The van der Waals surface area contributed by atoms with Crippen molar-refractivity contribution in [1.29, 1.82) is 0 Å². The number of thioether (sulfide) groups is 1. The van der Waals surface area contributed by atoms with Crippen LogP contribution in [0.3, 0.4) is 0 Å². The van der Waals surface area contributed by atoms with E-state index in [1.54, 1.807) is 11.8 Å². The Balaban J connectivity index is 1.31. The van der Waals surface area contributed by atoms with Gasteiger partial charge in [0.05, 0.1) is 11.4 Å². The molecule has 5 nitrogen and oxygen atoms in total. The molecule has 1 aliphatic rings. The van der Waals surface area contributed by atoms with E-state index >= 15 is 0 Å². The number of carbonyl (C=O) groups excluding carboxylic acids is 1. The lowest BCUT2D eigenvalue weighted by atomic mass is 10.1. The summed E-state index contributed by atoms with van der Waals surface area (Å²) >= 11 is 3.00. The van der Waals surface area contributed by atoms with Crippen LogP contribution in [-0.4, -0.2) is 23.4 Å². The number of rotatable bonds is 6. The third kappa shape index (κ3) is 4.43. The molecule has 0 unspecified atom stereocenters. The third-order valence-corrected chi connectivity index (χ3v) is 5.80. The number of hydrogen-bond donors (Lipinski definition) is 1. The van der Waals surface area contributed by atoms with Crippen molar-refractivity contribution in [3.63, 3.8) is 0 Å². The summed E-state index contributed by atoms with van der Waals surface area (Å²) in [6.45, 7) is 2.31. The summed E-state index contributed by atoms with van der Waals surface area (Å²) < 4.78 is 10.7. The summed E-state index contributed by atoms with van der Waals surface area (Å²) in [6.07, 6.45) is 0. The van der Waals surface area contributed by atoms with Crippen molar-refractivity contribution >= 4 is 34.1 Å². The summed E-state index contributed by atoms with van der Waals surface area (Å²) in [6, 6.07) is 14.1. The number of amides is 1. The van der Waals surface area contributed by atoms with E-state index in [0.717, 1.165) is 28.5 Å². The van der Waals surface area contributed by atoms with Crippen LogP contribution in [0.15, 0.2) is 47.8 Å². The van der Waals surface area contributed by atoms with Crippen molar-refractivity contribution in [3.8, 4) is 22.8 Å². The molecule has 7 heteroatoms. The van der Waals surface area contributed by atoms with Gasteiger partial charge in [-0.05, 0) is 30.7 Å². The van der Waals surface area contributed by atoms with E-state index in [9.17, 15) is 4.79 Å². The highest BCUT2D eigenvalue weighted by Gasteiger charge is 2.15. The number of nitrogens with one attached hydrogen (secondary N) is 1. The van der Waals surface area contributed by atoms with Crippen molar-refractivity contribution in [2.75, 3.05) is 17.9 Å². The first-order valence-corrected chi connectivity index (χ1v) is 10.5. The fraction of sp³-hybridized carbons (Fsp3) is 0.200. The molecule has 1 aliphatic heterocycles. The van der Waals surface area contributed by atoms with Crippen LogP contribution in [-0.2, 0) is 10.5 Å². The zero-order valence-electron chi connectivity index (χ0n) is 14.7. The number of benzene rings is 2. The van der Waals surface area contributed by atoms with Crippen molar-refractivity contribution < 1.29 is 14.3 Å². The number of aromatic nitrogens is 1. The fourth-order valence-corrected chi connectivity index (χ4v) is 4.14. The number of ether oxygens (including phenoxy) is 2. The number of thiazole rings is 1. The van der Waals surface area contributed by atoms with Crippen LogP contribution in [0.5, 0.6) is 11.5 Å². The summed E-state index contributed by atoms with van der Waals surface area (Å²) in [4.78, 5) is 16.7. The molecular formula is C20H18N2O3S2. The molecule has 0 radical (unpaired) electrons. The molecule has 27 heavy (non-hydrogen) atoms. The molecule has 1 aromatic heterocycles. The van der Waals surface area contributed by atoms with Crippen LogP contribution in [0.4, 0.5) is 5.13 Å². The van der Waals surface area contributed by atoms with Crippen LogP contribution in [0.2, 0.25) is 0 Å².